The number of rotatable bonds is 7. The van der Waals surface area contributed by atoms with E-state index in [0.717, 1.165) is 36.6 Å². The molecule has 0 amide bonds. The highest BCUT2D eigenvalue weighted by Gasteiger charge is 2.26. The molecule has 0 aromatic heterocycles. The van der Waals surface area contributed by atoms with Crippen molar-refractivity contribution >= 4 is 16.0 Å². The van der Waals surface area contributed by atoms with Crippen LogP contribution >= 0.6 is 0 Å². The Morgan fingerprint density at radius 3 is 2.43 bits per heavy atom. The van der Waals surface area contributed by atoms with Crippen molar-refractivity contribution in [1.29, 1.82) is 0 Å². The first-order chi connectivity index (χ1) is 14.4. The molecule has 0 atom stereocenters. The molecule has 0 bridgehead atoms. The zero-order valence-corrected chi connectivity index (χ0v) is 17.7. The van der Waals surface area contributed by atoms with Crippen molar-refractivity contribution in [2.45, 2.75) is 37.8 Å². The number of benzene rings is 2. The third-order valence-corrected chi connectivity index (χ3v) is 6.76. The lowest BCUT2D eigenvalue weighted by molar-refractivity contribution is 0.477. The van der Waals surface area contributed by atoms with E-state index in [0.29, 0.717) is 32.1 Å². The van der Waals surface area contributed by atoms with Gasteiger partial charge >= 0.3 is 0 Å². The number of halogens is 2. The zero-order chi connectivity index (χ0) is 21.6. The summed E-state index contributed by atoms with van der Waals surface area (Å²) in [4.78, 5) is 4.72. The Hall–Kier alpha value is -2.52. The van der Waals surface area contributed by atoms with Crippen molar-refractivity contribution in [2.24, 2.45) is 4.99 Å². The fourth-order valence-corrected chi connectivity index (χ4v) is 4.73. The molecule has 3 rings (SSSR count). The molecule has 2 N–H and O–H groups in total. The summed E-state index contributed by atoms with van der Waals surface area (Å²) in [6, 6.07) is 9.98. The van der Waals surface area contributed by atoms with Gasteiger partial charge in [0.15, 0.2) is 5.96 Å². The molecule has 0 saturated carbocycles. The minimum Gasteiger partial charge on any atom is -0.357 e. The second kappa shape index (κ2) is 9.99. The van der Waals surface area contributed by atoms with Crippen molar-refractivity contribution in [1.82, 2.24) is 14.9 Å². The van der Waals surface area contributed by atoms with Crippen molar-refractivity contribution in [3.63, 3.8) is 0 Å². The maximum atomic E-state index is 13.8. The van der Waals surface area contributed by atoms with Gasteiger partial charge in [-0.15, -0.1) is 0 Å². The van der Waals surface area contributed by atoms with E-state index in [1.165, 1.54) is 4.31 Å². The van der Waals surface area contributed by atoms with Crippen LogP contribution in [0.5, 0.6) is 0 Å². The van der Waals surface area contributed by atoms with Crippen LogP contribution in [0.3, 0.4) is 0 Å². The van der Waals surface area contributed by atoms with Crippen LogP contribution in [0, 0.1) is 11.6 Å². The Morgan fingerprint density at radius 2 is 1.77 bits per heavy atom. The van der Waals surface area contributed by atoms with Gasteiger partial charge in [0, 0.05) is 31.7 Å². The molecule has 9 heteroatoms. The molecule has 1 saturated heterocycles. The van der Waals surface area contributed by atoms with Gasteiger partial charge in [-0.25, -0.2) is 22.2 Å². The molecule has 1 aliphatic heterocycles. The van der Waals surface area contributed by atoms with Gasteiger partial charge in [-0.2, -0.15) is 4.31 Å². The third kappa shape index (κ3) is 5.54. The second-order valence-electron chi connectivity index (χ2n) is 7.04. The Kier molecular flexibility index (Phi) is 7.38. The molecule has 2 aromatic carbocycles. The van der Waals surface area contributed by atoms with Crippen molar-refractivity contribution in [3.05, 3.63) is 65.2 Å². The molecule has 1 heterocycles. The molecular formula is C21H26F2N4O2S. The summed E-state index contributed by atoms with van der Waals surface area (Å²) in [5.41, 5.74) is 1.04. The first kappa shape index (κ1) is 22.2. The molecule has 0 spiro atoms. The Morgan fingerprint density at radius 1 is 1.07 bits per heavy atom. The number of aliphatic imine (C=N–C) groups is 1. The Balaban J connectivity index is 1.65. The van der Waals surface area contributed by atoms with Gasteiger partial charge in [0.25, 0.3) is 0 Å². The minimum atomic E-state index is -3.44. The highest BCUT2D eigenvalue weighted by atomic mass is 32.2. The van der Waals surface area contributed by atoms with E-state index >= 15 is 0 Å². The van der Waals surface area contributed by atoms with Crippen molar-refractivity contribution in [3.8, 4) is 0 Å². The Labute approximate surface area is 176 Å². The van der Waals surface area contributed by atoms with Crippen molar-refractivity contribution in [2.75, 3.05) is 19.6 Å². The number of sulfonamides is 1. The van der Waals surface area contributed by atoms with Crippen LogP contribution in [0.2, 0.25) is 0 Å². The Bertz CT molecular complexity index is 989. The molecule has 0 aliphatic carbocycles. The summed E-state index contributed by atoms with van der Waals surface area (Å²) in [6.45, 7) is 4.03. The maximum Gasteiger partial charge on any atom is 0.243 e. The average molecular weight is 437 g/mol. The lowest BCUT2D eigenvalue weighted by Gasteiger charge is -2.15. The van der Waals surface area contributed by atoms with Crippen LogP contribution in [-0.2, 0) is 23.1 Å². The van der Waals surface area contributed by atoms with Crippen LogP contribution in [0.4, 0.5) is 8.78 Å². The lowest BCUT2D eigenvalue weighted by Crippen LogP contribution is -2.37. The molecule has 1 aliphatic rings. The smallest absolute Gasteiger partial charge is 0.243 e. The molecule has 6 nitrogen and oxygen atoms in total. The first-order valence-electron chi connectivity index (χ1n) is 9.95. The predicted molar refractivity (Wildman–Crippen MR) is 112 cm³/mol. The standard InChI is InChI=1S/C21H26F2N4O2S/c1-2-24-21(26-15-17-13-18(22)7-10-20(17)23)25-14-16-5-8-19(9-6-16)30(28,29)27-11-3-4-12-27/h5-10,13H,2-4,11-12,14-15H2,1H3,(H2,24,25,26). The number of guanidine groups is 1. The van der Waals surface area contributed by atoms with E-state index in [4.69, 9.17) is 0 Å². The van der Waals surface area contributed by atoms with E-state index in [1.54, 1.807) is 24.3 Å². The van der Waals surface area contributed by atoms with Gasteiger partial charge in [0.2, 0.25) is 10.0 Å². The van der Waals surface area contributed by atoms with Crippen LogP contribution in [-0.4, -0.2) is 38.3 Å². The zero-order valence-electron chi connectivity index (χ0n) is 16.9. The fraction of sp³-hybridized carbons (Fsp3) is 0.381. The van der Waals surface area contributed by atoms with Gasteiger partial charge in [0.1, 0.15) is 11.6 Å². The monoisotopic (exact) mass is 436 g/mol. The van der Waals surface area contributed by atoms with Crippen LogP contribution in [0.15, 0.2) is 52.4 Å². The summed E-state index contributed by atoms with van der Waals surface area (Å²) >= 11 is 0. The molecule has 30 heavy (non-hydrogen) atoms. The summed E-state index contributed by atoms with van der Waals surface area (Å²) in [7, 11) is -3.44. The summed E-state index contributed by atoms with van der Waals surface area (Å²) in [5.74, 6) is -0.538. The van der Waals surface area contributed by atoms with Gasteiger partial charge in [-0.05, 0) is 55.7 Å². The molecule has 1 fully saturated rings. The van der Waals surface area contributed by atoms with E-state index in [-0.39, 0.29) is 17.0 Å². The number of hydrogen-bond acceptors (Lipinski definition) is 3. The average Bonchev–Trinajstić information content (AvgIpc) is 3.28. The van der Waals surface area contributed by atoms with Crippen LogP contribution in [0.1, 0.15) is 30.9 Å². The summed E-state index contributed by atoms with van der Waals surface area (Å²) in [6.07, 6.45) is 1.79. The SMILES string of the molecule is CCNC(=NCc1ccc(S(=O)(=O)N2CCCC2)cc1)NCc1cc(F)ccc1F. The second-order valence-corrected chi connectivity index (χ2v) is 8.98. The van der Waals surface area contributed by atoms with Gasteiger partial charge < -0.3 is 10.6 Å². The van der Waals surface area contributed by atoms with Gasteiger partial charge in [0.05, 0.1) is 11.4 Å². The maximum absolute atomic E-state index is 13.8. The highest BCUT2D eigenvalue weighted by molar-refractivity contribution is 7.89. The van der Waals surface area contributed by atoms with Gasteiger partial charge in [-0.3, -0.25) is 0 Å². The van der Waals surface area contributed by atoms with Crippen molar-refractivity contribution < 1.29 is 17.2 Å². The van der Waals surface area contributed by atoms with E-state index in [9.17, 15) is 17.2 Å². The van der Waals surface area contributed by atoms with E-state index in [1.807, 2.05) is 6.92 Å². The van der Waals surface area contributed by atoms with Crippen LogP contribution in [0.25, 0.3) is 0 Å². The number of nitrogens with zero attached hydrogens (tertiary/aromatic N) is 2. The molecule has 0 radical (unpaired) electrons. The molecule has 2 aromatic rings. The van der Waals surface area contributed by atoms with Gasteiger partial charge in [-0.1, -0.05) is 12.1 Å². The van der Waals surface area contributed by atoms with Crippen LogP contribution < -0.4 is 10.6 Å². The lowest BCUT2D eigenvalue weighted by atomic mass is 10.2. The third-order valence-electron chi connectivity index (χ3n) is 4.84. The predicted octanol–water partition coefficient (Wildman–Crippen LogP) is 3.00. The molecule has 162 valence electrons. The first-order valence-corrected chi connectivity index (χ1v) is 11.4. The fourth-order valence-electron chi connectivity index (χ4n) is 3.21. The quantitative estimate of drug-likeness (QED) is 0.517. The minimum absolute atomic E-state index is 0.0858. The highest BCUT2D eigenvalue weighted by Crippen LogP contribution is 2.21. The largest absolute Gasteiger partial charge is 0.357 e. The summed E-state index contributed by atoms with van der Waals surface area (Å²) in [5, 5.41) is 6.03. The van der Waals surface area contributed by atoms with E-state index < -0.39 is 21.7 Å². The number of hydrogen-bond donors (Lipinski definition) is 2. The summed E-state index contributed by atoms with van der Waals surface area (Å²) < 4.78 is 53.8. The molecule has 0 unspecified atom stereocenters. The number of nitrogens with one attached hydrogen (secondary N) is 2. The normalized spacial score (nSPS) is 15.4. The topological polar surface area (TPSA) is 73.8 Å². The molecular weight excluding hydrogens is 410 g/mol. The van der Waals surface area contributed by atoms with E-state index in [2.05, 4.69) is 15.6 Å².